The molecular formula is C15H20N2O2. The highest BCUT2D eigenvalue weighted by atomic mass is 16.5. The molecule has 0 saturated heterocycles. The van der Waals surface area contributed by atoms with E-state index in [9.17, 15) is 4.79 Å². The fourth-order valence-electron chi connectivity index (χ4n) is 2.26. The van der Waals surface area contributed by atoms with Crippen LogP contribution in [0.3, 0.4) is 0 Å². The Morgan fingerprint density at radius 1 is 1.58 bits per heavy atom. The lowest BCUT2D eigenvalue weighted by Crippen LogP contribution is -2.39. The van der Waals surface area contributed by atoms with Crippen LogP contribution in [0.2, 0.25) is 0 Å². The summed E-state index contributed by atoms with van der Waals surface area (Å²) in [4.78, 5) is 13.6. The smallest absolute Gasteiger partial charge is 0.265 e. The molecule has 1 heterocycles. The van der Waals surface area contributed by atoms with E-state index in [1.165, 1.54) is 0 Å². The van der Waals surface area contributed by atoms with Crippen molar-refractivity contribution in [2.75, 3.05) is 18.1 Å². The van der Waals surface area contributed by atoms with Gasteiger partial charge in [-0.05, 0) is 24.1 Å². The van der Waals surface area contributed by atoms with Crippen molar-refractivity contribution in [3.8, 4) is 5.75 Å². The number of hydrogen-bond acceptors (Lipinski definition) is 3. The molecule has 1 aliphatic heterocycles. The normalized spacial score (nSPS) is 15.7. The first kappa shape index (κ1) is 13.6. The van der Waals surface area contributed by atoms with Gasteiger partial charge in [0.1, 0.15) is 5.75 Å². The minimum Gasteiger partial charge on any atom is -0.482 e. The summed E-state index contributed by atoms with van der Waals surface area (Å²) in [7, 11) is 0. The molecule has 0 spiro atoms. The Morgan fingerprint density at radius 3 is 3.05 bits per heavy atom. The molecule has 0 radical (unpaired) electrons. The first-order valence-electron chi connectivity index (χ1n) is 6.61. The third-order valence-electron chi connectivity index (χ3n) is 3.27. The van der Waals surface area contributed by atoms with Gasteiger partial charge in [-0.25, -0.2) is 0 Å². The van der Waals surface area contributed by atoms with Crippen molar-refractivity contribution >= 4 is 11.6 Å². The van der Waals surface area contributed by atoms with Crippen LogP contribution < -0.4 is 15.4 Å². The summed E-state index contributed by atoms with van der Waals surface area (Å²) in [5.41, 5.74) is 7.96. The Balaban J connectivity index is 2.35. The number of ether oxygens (including phenoxy) is 1. The second-order valence-corrected chi connectivity index (χ2v) is 4.70. The Labute approximate surface area is 113 Å². The summed E-state index contributed by atoms with van der Waals surface area (Å²) in [6, 6.07) is 5.82. The molecule has 0 aliphatic carbocycles. The zero-order chi connectivity index (χ0) is 13.8. The van der Waals surface area contributed by atoms with E-state index in [4.69, 9.17) is 10.5 Å². The average Bonchev–Trinajstić information content (AvgIpc) is 2.42. The average molecular weight is 260 g/mol. The lowest BCUT2D eigenvalue weighted by molar-refractivity contribution is -0.121. The van der Waals surface area contributed by atoms with Crippen LogP contribution in [0.25, 0.3) is 0 Å². The van der Waals surface area contributed by atoms with Gasteiger partial charge in [-0.2, -0.15) is 0 Å². The monoisotopic (exact) mass is 260 g/mol. The predicted molar refractivity (Wildman–Crippen MR) is 76.3 cm³/mol. The van der Waals surface area contributed by atoms with Gasteiger partial charge >= 0.3 is 0 Å². The highest BCUT2D eigenvalue weighted by Crippen LogP contribution is 2.34. The first-order valence-corrected chi connectivity index (χ1v) is 6.61. The van der Waals surface area contributed by atoms with Crippen molar-refractivity contribution in [3.63, 3.8) is 0 Å². The molecule has 0 fully saturated rings. The Kier molecular flexibility index (Phi) is 4.22. The number of nitrogens with two attached hydrogens (primary N) is 1. The largest absolute Gasteiger partial charge is 0.482 e. The molecule has 1 amide bonds. The highest BCUT2D eigenvalue weighted by molar-refractivity contribution is 5.98. The molecule has 1 atom stereocenters. The van der Waals surface area contributed by atoms with Gasteiger partial charge < -0.3 is 15.4 Å². The predicted octanol–water partition coefficient (Wildman–Crippen LogP) is 2.40. The Bertz CT molecular complexity index is 485. The van der Waals surface area contributed by atoms with E-state index < -0.39 is 0 Å². The van der Waals surface area contributed by atoms with Gasteiger partial charge in [0.25, 0.3) is 5.91 Å². The molecule has 1 aliphatic rings. The van der Waals surface area contributed by atoms with E-state index in [0.29, 0.717) is 6.54 Å². The Hall–Kier alpha value is -1.81. The molecule has 19 heavy (non-hydrogen) atoms. The van der Waals surface area contributed by atoms with Gasteiger partial charge in [-0.1, -0.05) is 25.5 Å². The molecule has 1 aromatic rings. The van der Waals surface area contributed by atoms with Crippen molar-refractivity contribution in [3.05, 3.63) is 36.4 Å². The van der Waals surface area contributed by atoms with Crippen LogP contribution >= 0.6 is 0 Å². The molecule has 2 N–H and O–H groups in total. The van der Waals surface area contributed by atoms with Crippen molar-refractivity contribution in [2.45, 2.75) is 25.8 Å². The van der Waals surface area contributed by atoms with Crippen LogP contribution in [-0.4, -0.2) is 19.1 Å². The maximum absolute atomic E-state index is 11.9. The number of rotatable bonds is 5. The third kappa shape index (κ3) is 2.79. The molecule has 1 unspecified atom stereocenters. The van der Waals surface area contributed by atoms with Gasteiger partial charge in [-0.15, -0.1) is 6.58 Å². The van der Waals surface area contributed by atoms with Crippen LogP contribution in [0.1, 0.15) is 31.4 Å². The summed E-state index contributed by atoms with van der Waals surface area (Å²) >= 11 is 0. The van der Waals surface area contributed by atoms with E-state index in [1.54, 1.807) is 11.0 Å². The minimum atomic E-state index is -0.0476. The summed E-state index contributed by atoms with van der Waals surface area (Å²) in [6.45, 7) is 6.37. The van der Waals surface area contributed by atoms with Crippen molar-refractivity contribution in [2.24, 2.45) is 5.73 Å². The van der Waals surface area contributed by atoms with Crippen LogP contribution in [0.4, 0.5) is 5.69 Å². The molecule has 4 heteroatoms. The number of benzene rings is 1. The molecule has 0 aromatic heterocycles. The summed E-state index contributed by atoms with van der Waals surface area (Å²) < 4.78 is 5.44. The molecule has 2 rings (SSSR count). The molecule has 0 saturated carbocycles. The molecule has 0 bridgehead atoms. The molecule has 102 valence electrons. The van der Waals surface area contributed by atoms with E-state index in [0.717, 1.165) is 29.8 Å². The number of carbonyl (C=O) groups is 1. The summed E-state index contributed by atoms with van der Waals surface area (Å²) in [5.74, 6) is 0.683. The number of amides is 1. The van der Waals surface area contributed by atoms with E-state index in [1.807, 2.05) is 18.2 Å². The number of nitrogens with zero attached hydrogens (tertiary/aromatic N) is 1. The number of hydrogen-bond donors (Lipinski definition) is 1. The third-order valence-corrected chi connectivity index (χ3v) is 3.27. The number of carbonyl (C=O) groups excluding carboxylic acids is 1. The van der Waals surface area contributed by atoms with Gasteiger partial charge in [-0.3, -0.25) is 4.79 Å². The standard InChI is InChI=1S/C15H20N2O2/c1-3-5-12(16)11-6-7-14-13(9-11)17(8-4-2)15(18)10-19-14/h4,6-7,9,12H,2-3,5,8,10,16H2,1H3. The minimum absolute atomic E-state index is 0.00194. The fourth-order valence-corrected chi connectivity index (χ4v) is 2.26. The number of fused-ring (bicyclic) bond motifs is 1. The lowest BCUT2D eigenvalue weighted by Gasteiger charge is -2.29. The molecule has 4 nitrogen and oxygen atoms in total. The lowest BCUT2D eigenvalue weighted by atomic mass is 10.0. The summed E-state index contributed by atoms with van der Waals surface area (Å²) in [6.07, 6.45) is 3.67. The van der Waals surface area contributed by atoms with Gasteiger partial charge in [0.05, 0.1) is 5.69 Å². The van der Waals surface area contributed by atoms with Crippen molar-refractivity contribution in [1.82, 2.24) is 0 Å². The van der Waals surface area contributed by atoms with Crippen LogP contribution in [0.15, 0.2) is 30.9 Å². The van der Waals surface area contributed by atoms with Gasteiger partial charge in [0.2, 0.25) is 0 Å². The second kappa shape index (κ2) is 5.89. The maximum Gasteiger partial charge on any atom is 0.265 e. The van der Waals surface area contributed by atoms with Crippen LogP contribution in [0.5, 0.6) is 5.75 Å². The zero-order valence-electron chi connectivity index (χ0n) is 11.3. The quantitative estimate of drug-likeness (QED) is 0.827. The van der Waals surface area contributed by atoms with Crippen LogP contribution in [0, 0.1) is 0 Å². The zero-order valence-corrected chi connectivity index (χ0v) is 11.3. The second-order valence-electron chi connectivity index (χ2n) is 4.70. The molecular weight excluding hydrogens is 240 g/mol. The topological polar surface area (TPSA) is 55.6 Å². The fraction of sp³-hybridized carbons (Fsp3) is 0.400. The first-order chi connectivity index (χ1) is 9.17. The Morgan fingerprint density at radius 2 is 2.37 bits per heavy atom. The van der Waals surface area contributed by atoms with Gasteiger partial charge in [0, 0.05) is 12.6 Å². The SMILES string of the molecule is C=CCN1C(=O)COc2ccc(C(N)CCC)cc21. The van der Waals surface area contributed by atoms with Crippen molar-refractivity contribution < 1.29 is 9.53 Å². The van der Waals surface area contributed by atoms with E-state index >= 15 is 0 Å². The summed E-state index contributed by atoms with van der Waals surface area (Å²) in [5, 5.41) is 0. The van der Waals surface area contributed by atoms with Crippen molar-refractivity contribution in [1.29, 1.82) is 0 Å². The van der Waals surface area contributed by atoms with E-state index in [2.05, 4.69) is 13.5 Å². The highest BCUT2D eigenvalue weighted by Gasteiger charge is 2.25. The maximum atomic E-state index is 11.9. The molecule has 1 aromatic carbocycles. The van der Waals surface area contributed by atoms with E-state index in [-0.39, 0.29) is 18.6 Å². The number of anilines is 1. The van der Waals surface area contributed by atoms with Gasteiger partial charge in [0.15, 0.2) is 6.61 Å². The van der Waals surface area contributed by atoms with Crippen LogP contribution in [-0.2, 0) is 4.79 Å².